The highest BCUT2D eigenvalue weighted by atomic mass is 16.5. The Morgan fingerprint density at radius 3 is 2.54 bits per heavy atom. The predicted molar refractivity (Wildman–Crippen MR) is 106 cm³/mol. The molecule has 2 aromatic carbocycles. The number of phenols is 1. The summed E-state index contributed by atoms with van der Waals surface area (Å²) in [7, 11) is 3.03. The molecule has 1 aromatic heterocycles. The van der Waals surface area contributed by atoms with Crippen LogP contribution in [0.25, 0.3) is 11.0 Å². The fourth-order valence-corrected chi connectivity index (χ4v) is 3.04. The van der Waals surface area contributed by atoms with Crippen molar-refractivity contribution in [1.82, 2.24) is 0 Å². The Morgan fingerprint density at radius 1 is 1.11 bits per heavy atom. The molecule has 2 N–H and O–H groups in total. The summed E-state index contributed by atoms with van der Waals surface area (Å²) in [6.07, 6.45) is -0.154. The third kappa shape index (κ3) is 3.51. The minimum Gasteiger partial charge on any atom is -0.508 e. The average Bonchev–Trinajstić information content (AvgIpc) is 2.68. The van der Waals surface area contributed by atoms with Crippen LogP contribution in [-0.2, 0) is 11.2 Å². The van der Waals surface area contributed by atoms with Gasteiger partial charge in [0.25, 0.3) is 0 Å². The SMILES string of the molecule is COc1ccc(NC(=O)Cc2c(C)c3ccc(O)c(C)c3oc2=O)c(OC)c1. The maximum absolute atomic E-state index is 12.5. The molecule has 0 radical (unpaired) electrons. The molecule has 0 bridgehead atoms. The van der Waals surface area contributed by atoms with E-state index in [0.717, 1.165) is 0 Å². The van der Waals surface area contributed by atoms with E-state index in [9.17, 15) is 14.7 Å². The summed E-state index contributed by atoms with van der Waals surface area (Å²) in [5.41, 5.74) is 1.58. The van der Waals surface area contributed by atoms with Gasteiger partial charge >= 0.3 is 5.63 Å². The zero-order valence-corrected chi connectivity index (χ0v) is 16.1. The second kappa shape index (κ2) is 7.64. The summed E-state index contributed by atoms with van der Waals surface area (Å²) in [4.78, 5) is 25.0. The van der Waals surface area contributed by atoms with Crippen molar-refractivity contribution in [3.63, 3.8) is 0 Å². The van der Waals surface area contributed by atoms with Crippen LogP contribution >= 0.6 is 0 Å². The van der Waals surface area contributed by atoms with Crippen molar-refractivity contribution in [3.8, 4) is 17.2 Å². The van der Waals surface area contributed by atoms with E-state index in [2.05, 4.69) is 5.32 Å². The van der Waals surface area contributed by atoms with Crippen molar-refractivity contribution in [2.24, 2.45) is 0 Å². The fourth-order valence-electron chi connectivity index (χ4n) is 3.04. The minimum absolute atomic E-state index is 0.0483. The lowest BCUT2D eigenvalue weighted by atomic mass is 10.0. The summed E-state index contributed by atoms with van der Waals surface area (Å²) >= 11 is 0. The Labute approximate surface area is 161 Å². The van der Waals surface area contributed by atoms with Gasteiger partial charge in [-0.2, -0.15) is 0 Å². The van der Waals surface area contributed by atoms with Gasteiger partial charge in [-0.05, 0) is 43.7 Å². The van der Waals surface area contributed by atoms with Gasteiger partial charge in [0, 0.05) is 17.0 Å². The number of carbonyl (C=O) groups is 1. The number of ether oxygens (including phenoxy) is 2. The van der Waals surface area contributed by atoms with Gasteiger partial charge in [0.2, 0.25) is 5.91 Å². The smallest absolute Gasteiger partial charge is 0.340 e. The van der Waals surface area contributed by atoms with Gasteiger partial charge in [-0.15, -0.1) is 0 Å². The molecular formula is C21H21NO6. The number of methoxy groups -OCH3 is 2. The van der Waals surface area contributed by atoms with Crippen LogP contribution in [0.2, 0.25) is 0 Å². The highest BCUT2D eigenvalue weighted by molar-refractivity contribution is 5.95. The molecule has 0 atom stereocenters. The van der Waals surface area contributed by atoms with Crippen molar-refractivity contribution < 1.29 is 23.8 Å². The van der Waals surface area contributed by atoms with Gasteiger partial charge in [-0.1, -0.05) is 0 Å². The molecule has 0 fully saturated rings. The van der Waals surface area contributed by atoms with E-state index in [1.165, 1.54) is 20.3 Å². The van der Waals surface area contributed by atoms with E-state index in [0.29, 0.717) is 39.3 Å². The van der Waals surface area contributed by atoms with Crippen molar-refractivity contribution in [2.45, 2.75) is 20.3 Å². The van der Waals surface area contributed by atoms with Gasteiger partial charge in [0.1, 0.15) is 22.8 Å². The van der Waals surface area contributed by atoms with E-state index >= 15 is 0 Å². The zero-order valence-electron chi connectivity index (χ0n) is 16.1. The Kier molecular flexibility index (Phi) is 5.26. The maximum atomic E-state index is 12.5. The van der Waals surface area contributed by atoms with Gasteiger partial charge in [-0.25, -0.2) is 4.79 Å². The number of rotatable bonds is 5. The molecule has 3 aromatic rings. The monoisotopic (exact) mass is 383 g/mol. The Balaban J connectivity index is 1.92. The lowest BCUT2D eigenvalue weighted by Crippen LogP contribution is -2.21. The number of aryl methyl sites for hydroxylation is 2. The molecule has 3 rings (SSSR count). The third-order valence-corrected chi connectivity index (χ3v) is 4.70. The number of benzene rings is 2. The first-order valence-electron chi connectivity index (χ1n) is 8.62. The molecule has 28 heavy (non-hydrogen) atoms. The average molecular weight is 383 g/mol. The van der Waals surface area contributed by atoms with Crippen molar-refractivity contribution in [1.29, 1.82) is 0 Å². The number of aromatic hydroxyl groups is 1. The Hall–Kier alpha value is -3.48. The van der Waals surface area contributed by atoms with E-state index in [4.69, 9.17) is 13.9 Å². The standard InChI is InChI=1S/C21H21NO6/c1-11-14-6-8-17(23)12(2)20(14)28-21(25)15(11)10-19(24)22-16-7-5-13(26-3)9-18(16)27-4/h5-9,23H,10H2,1-4H3,(H,22,24). The molecule has 0 saturated heterocycles. The molecule has 0 spiro atoms. The van der Waals surface area contributed by atoms with Crippen LogP contribution in [0.15, 0.2) is 39.5 Å². The fraction of sp³-hybridized carbons (Fsp3) is 0.238. The molecule has 0 aliphatic heterocycles. The number of hydrogen-bond donors (Lipinski definition) is 2. The van der Waals surface area contributed by atoms with Crippen LogP contribution in [-0.4, -0.2) is 25.2 Å². The minimum atomic E-state index is -0.601. The Morgan fingerprint density at radius 2 is 1.86 bits per heavy atom. The maximum Gasteiger partial charge on any atom is 0.340 e. The molecule has 1 amide bonds. The molecule has 7 nitrogen and oxygen atoms in total. The summed E-state index contributed by atoms with van der Waals surface area (Å²) in [6, 6.07) is 8.22. The topological polar surface area (TPSA) is 98.0 Å². The highest BCUT2D eigenvalue weighted by Crippen LogP contribution is 2.30. The van der Waals surface area contributed by atoms with Gasteiger partial charge in [0.15, 0.2) is 0 Å². The van der Waals surface area contributed by atoms with Crippen molar-refractivity contribution >= 4 is 22.6 Å². The number of hydrogen-bond acceptors (Lipinski definition) is 6. The highest BCUT2D eigenvalue weighted by Gasteiger charge is 2.18. The summed E-state index contributed by atoms with van der Waals surface area (Å²) in [6.45, 7) is 3.43. The van der Waals surface area contributed by atoms with Crippen molar-refractivity contribution in [3.05, 3.63) is 57.4 Å². The number of anilines is 1. The lowest BCUT2D eigenvalue weighted by Gasteiger charge is -2.13. The van der Waals surface area contributed by atoms with Crippen LogP contribution < -0.4 is 20.4 Å². The molecule has 7 heteroatoms. The van der Waals surface area contributed by atoms with Gasteiger partial charge in [0.05, 0.1) is 31.9 Å². The van der Waals surface area contributed by atoms with E-state index in [1.54, 1.807) is 38.1 Å². The largest absolute Gasteiger partial charge is 0.508 e. The normalized spacial score (nSPS) is 10.7. The molecular weight excluding hydrogens is 362 g/mol. The van der Waals surface area contributed by atoms with Crippen LogP contribution in [0.1, 0.15) is 16.7 Å². The zero-order chi connectivity index (χ0) is 20.4. The molecule has 0 saturated carbocycles. The van der Waals surface area contributed by atoms with E-state index in [-0.39, 0.29) is 23.6 Å². The van der Waals surface area contributed by atoms with Gasteiger partial charge in [-0.3, -0.25) is 4.79 Å². The number of fused-ring (bicyclic) bond motifs is 1. The number of carbonyl (C=O) groups excluding carboxylic acids is 1. The Bertz CT molecular complexity index is 1120. The van der Waals surface area contributed by atoms with Gasteiger partial charge < -0.3 is 24.3 Å². The molecule has 0 aliphatic rings. The first-order chi connectivity index (χ1) is 13.3. The molecule has 146 valence electrons. The second-order valence-corrected chi connectivity index (χ2v) is 6.37. The molecule has 0 aliphatic carbocycles. The van der Waals surface area contributed by atoms with E-state index in [1.807, 2.05) is 0 Å². The quantitative estimate of drug-likeness (QED) is 0.656. The summed E-state index contributed by atoms with van der Waals surface area (Å²) < 4.78 is 15.8. The van der Waals surface area contributed by atoms with Crippen LogP contribution in [0.5, 0.6) is 17.2 Å². The molecule has 1 heterocycles. The van der Waals surface area contributed by atoms with Crippen LogP contribution in [0.3, 0.4) is 0 Å². The summed E-state index contributed by atoms with van der Waals surface area (Å²) in [5, 5.41) is 13.2. The predicted octanol–water partition coefficient (Wildman–Crippen LogP) is 3.31. The van der Waals surface area contributed by atoms with Crippen LogP contribution in [0.4, 0.5) is 5.69 Å². The van der Waals surface area contributed by atoms with E-state index < -0.39 is 5.63 Å². The molecule has 0 unspecified atom stereocenters. The number of nitrogens with one attached hydrogen (secondary N) is 1. The van der Waals surface area contributed by atoms with Crippen molar-refractivity contribution in [2.75, 3.05) is 19.5 Å². The first-order valence-corrected chi connectivity index (χ1v) is 8.62. The first kappa shape index (κ1) is 19.3. The number of amides is 1. The lowest BCUT2D eigenvalue weighted by molar-refractivity contribution is -0.115. The third-order valence-electron chi connectivity index (χ3n) is 4.70. The second-order valence-electron chi connectivity index (χ2n) is 6.37. The summed E-state index contributed by atoms with van der Waals surface area (Å²) in [5.74, 6) is 0.710. The number of phenolic OH excluding ortho intramolecular Hbond substituents is 1. The van der Waals surface area contributed by atoms with Crippen LogP contribution in [0, 0.1) is 13.8 Å².